The van der Waals surface area contributed by atoms with E-state index in [-0.39, 0.29) is 24.5 Å². The van der Waals surface area contributed by atoms with Gasteiger partial charge in [0.15, 0.2) is 0 Å². The second-order valence-corrected chi connectivity index (χ2v) is 6.79. The minimum atomic E-state index is -4.38. The van der Waals surface area contributed by atoms with E-state index in [1.54, 1.807) is 20.0 Å². The third-order valence-electron chi connectivity index (χ3n) is 4.75. The van der Waals surface area contributed by atoms with Crippen LogP contribution in [0.4, 0.5) is 18.0 Å². The van der Waals surface area contributed by atoms with Crippen LogP contribution in [0.1, 0.15) is 48.1 Å². The Balaban J connectivity index is 1.66. The van der Waals surface area contributed by atoms with E-state index >= 15 is 0 Å². The fourth-order valence-electron chi connectivity index (χ4n) is 3.42. The number of benzene rings is 1. The van der Waals surface area contributed by atoms with Gasteiger partial charge < -0.3 is 14.6 Å². The summed E-state index contributed by atoms with van der Waals surface area (Å²) in [5.74, 6) is 0.598. The Morgan fingerprint density at radius 3 is 2.78 bits per heavy atom. The molecular weight excluding hydrogens is 361 g/mol. The predicted molar refractivity (Wildman–Crippen MR) is 90.9 cm³/mol. The molecule has 1 aliphatic rings. The van der Waals surface area contributed by atoms with Gasteiger partial charge in [-0.15, -0.1) is 10.2 Å². The van der Waals surface area contributed by atoms with E-state index in [2.05, 4.69) is 15.5 Å². The zero-order chi connectivity index (χ0) is 19.6. The number of amides is 2. The average molecular weight is 382 g/mol. The van der Waals surface area contributed by atoms with Crippen LogP contribution >= 0.6 is 0 Å². The van der Waals surface area contributed by atoms with Gasteiger partial charge in [-0.3, -0.25) is 0 Å². The smallest absolute Gasteiger partial charge is 0.416 e. The first-order valence-electron chi connectivity index (χ1n) is 8.72. The van der Waals surface area contributed by atoms with Crippen LogP contribution in [0.3, 0.4) is 0 Å². The molecule has 1 saturated carbocycles. The van der Waals surface area contributed by atoms with Gasteiger partial charge >= 0.3 is 12.2 Å². The number of alkyl halides is 3. The van der Waals surface area contributed by atoms with Gasteiger partial charge in [-0.05, 0) is 24.5 Å². The van der Waals surface area contributed by atoms with Crippen LogP contribution in [0.5, 0.6) is 0 Å². The summed E-state index contributed by atoms with van der Waals surface area (Å²) in [6.07, 6.45) is -2.08. The fraction of sp³-hybridized carbons (Fsp3) is 0.500. The molecule has 3 rings (SSSR count). The van der Waals surface area contributed by atoms with Gasteiger partial charge in [0, 0.05) is 25.9 Å². The van der Waals surface area contributed by atoms with Crippen LogP contribution in [0.2, 0.25) is 0 Å². The SMILES string of the molecule is Cc1nnc(CN(C)C(=O)NC2CCCC2c2cccc(C(F)(F)F)c2)o1. The quantitative estimate of drug-likeness (QED) is 0.871. The van der Waals surface area contributed by atoms with E-state index in [4.69, 9.17) is 4.42 Å². The molecule has 1 aromatic carbocycles. The minimum absolute atomic E-state index is 0.143. The lowest BCUT2D eigenvalue weighted by atomic mass is 9.92. The summed E-state index contributed by atoms with van der Waals surface area (Å²) >= 11 is 0. The zero-order valence-corrected chi connectivity index (χ0v) is 15.1. The van der Waals surface area contributed by atoms with Crippen molar-refractivity contribution in [1.82, 2.24) is 20.4 Å². The highest BCUT2D eigenvalue weighted by Crippen LogP contribution is 2.37. The molecule has 0 aliphatic heterocycles. The van der Waals surface area contributed by atoms with Crippen molar-refractivity contribution in [3.63, 3.8) is 0 Å². The van der Waals surface area contributed by atoms with Crippen LogP contribution in [0.15, 0.2) is 28.7 Å². The van der Waals surface area contributed by atoms with Crippen LogP contribution in [-0.4, -0.2) is 34.2 Å². The number of hydrogen-bond acceptors (Lipinski definition) is 4. The van der Waals surface area contributed by atoms with E-state index < -0.39 is 11.7 Å². The second-order valence-electron chi connectivity index (χ2n) is 6.79. The Morgan fingerprint density at radius 1 is 1.33 bits per heavy atom. The van der Waals surface area contributed by atoms with Crippen molar-refractivity contribution in [2.45, 2.75) is 50.9 Å². The Bertz CT molecular complexity index is 806. The lowest BCUT2D eigenvalue weighted by molar-refractivity contribution is -0.137. The Kier molecular flexibility index (Phi) is 5.38. The maximum atomic E-state index is 13.0. The van der Waals surface area contributed by atoms with E-state index in [0.717, 1.165) is 25.3 Å². The number of rotatable bonds is 4. The summed E-state index contributed by atoms with van der Waals surface area (Å²) in [5, 5.41) is 10.5. The minimum Gasteiger partial charge on any atom is -0.424 e. The Labute approximate surface area is 154 Å². The number of carbonyl (C=O) groups is 1. The summed E-state index contributed by atoms with van der Waals surface area (Å²) in [7, 11) is 1.60. The van der Waals surface area contributed by atoms with Gasteiger partial charge in [-0.1, -0.05) is 24.6 Å². The first-order chi connectivity index (χ1) is 12.7. The molecular formula is C18H21F3N4O2. The second kappa shape index (κ2) is 7.58. The van der Waals surface area contributed by atoms with Gasteiger partial charge in [-0.2, -0.15) is 13.2 Å². The maximum absolute atomic E-state index is 13.0. The largest absolute Gasteiger partial charge is 0.424 e. The molecule has 2 aromatic rings. The van der Waals surface area contributed by atoms with Gasteiger partial charge in [0.2, 0.25) is 11.8 Å². The van der Waals surface area contributed by atoms with Crippen LogP contribution in [0, 0.1) is 6.92 Å². The van der Waals surface area contributed by atoms with E-state index in [1.165, 1.54) is 17.0 Å². The molecule has 1 heterocycles. The molecule has 2 unspecified atom stereocenters. The number of nitrogens with zero attached hydrogens (tertiary/aromatic N) is 3. The van der Waals surface area contributed by atoms with Gasteiger partial charge in [0.05, 0.1) is 5.56 Å². The normalized spacial score (nSPS) is 19.9. The van der Waals surface area contributed by atoms with Crippen molar-refractivity contribution < 1.29 is 22.4 Å². The van der Waals surface area contributed by atoms with Crippen LogP contribution < -0.4 is 5.32 Å². The topological polar surface area (TPSA) is 71.3 Å². The molecule has 1 aromatic heterocycles. The Morgan fingerprint density at radius 2 is 2.11 bits per heavy atom. The molecule has 0 radical (unpaired) electrons. The standard InChI is InChI=1S/C18H21F3N4O2/c1-11-23-24-16(27-11)10-25(2)17(26)22-15-8-4-7-14(15)12-5-3-6-13(9-12)18(19,20)21/h3,5-6,9,14-15H,4,7-8,10H2,1-2H3,(H,22,26). The van der Waals surface area contributed by atoms with Gasteiger partial charge in [0.1, 0.15) is 6.54 Å². The molecule has 1 aliphatic carbocycles. The third-order valence-corrected chi connectivity index (χ3v) is 4.75. The molecule has 0 bridgehead atoms. The molecule has 0 saturated heterocycles. The van der Waals surface area contributed by atoms with Crippen molar-refractivity contribution in [3.8, 4) is 0 Å². The maximum Gasteiger partial charge on any atom is 0.416 e. The number of halogens is 3. The van der Waals surface area contributed by atoms with Crippen molar-refractivity contribution >= 4 is 6.03 Å². The fourth-order valence-corrected chi connectivity index (χ4v) is 3.42. The molecule has 146 valence electrons. The number of carbonyl (C=O) groups excluding carboxylic acids is 1. The summed E-state index contributed by atoms with van der Waals surface area (Å²) in [5.41, 5.74) is -0.0661. The lowest BCUT2D eigenvalue weighted by Crippen LogP contribution is -2.43. The van der Waals surface area contributed by atoms with Crippen molar-refractivity contribution in [2.24, 2.45) is 0 Å². The van der Waals surface area contributed by atoms with Crippen LogP contribution in [-0.2, 0) is 12.7 Å². The molecule has 2 amide bonds. The molecule has 0 spiro atoms. The summed E-state index contributed by atoms with van der Waals surface area (Å²) in [6, 6.07) is 4.81. The number of nitrogens with one attached hydrogen (secondary N) is 1. The zero-order valence-electron chi connectivity index (χ0n) is 15.1. The molecule has 1 N–H and O–H groups in total. The summed E-state index contributed by atoms with van der Waals surface area (Å²) in [6.45, 7) is 1.82. The number of urea groups is 1. The van der Waals surface area contributed by atoms with Crippen LogP contribution in [0.25, 0.3) is 0 Å². The molecule has 1 fully saturated rings. The number of hydrogen-bond donors (Lipinski definition) is 1. The highest BCUT2D eigenvalue weighted by Gasteiger charge is 2.34. The van der Waals surface area contributed by atoms with E-state index in [0.29, 0.717) is 17.3 Å². The average Bonchev–Trinajstić information content (AvgIpc) is 3.23. The van der Waals surface area contributed by atoms with E-state index in [9.17, 15) is 18.0 Å². The first kappa shape index (κ1) is 19.2. The first-order valence-corrected chi connectivity index (χ1v) is 8.72. The molecule has 27 heavy (non-hydrogen) atoms. The monoisotopic (exact) mass is 382 g/mol. The lowest BCUT2D eigenvalue weighted by Gasteiger charge is -2.25. The predicted octanol–water partition coefficient (Wildman–Crippen LogP) is 3.87. The number of aryl methyl sites for hydroxylation is 1. The highest BCUT2D eigenvalue weighted by atomic mass is 19.4. The summed E-state index contributed by atoms with van der Waals surface area (Å²) < 4.78 is 44.2. The van der Waals surface area contributed by atoms with Gasteiger partial charge in [0.25, 0.3) is 0 Å². The number of aromatic nitrogens is 2. The molecule has 2 atom stereocenters. The third kappa shape index (κ3) is 4.58. The van der Waals surface area contributed by atoms with Crippen molar-refractivity contribution in [2.75, 3.05) is 7.05 Å². The summed E-state index contributed by atoms with van der Waals surface area (Å²) in [4.78, 5) is 13.9. The molecule has 6 nitrogen and oxygen atoms in total. The van der Waals surface area contributed by atoms with Crippen molar-refractivity contribution in [1.29, 1.82) is 0 Å². The van der Waals surface area contributed by atoms with Crippen molar-refractivity contribution in [3.05, 3.63) is 47.2 Å². The Hall–Kier alpha value is -2.58. The molecule has 9 heteroatoms. The van der Waals surface area contributed by atoms with Gasteiger partial charge in [-0.25, -0.2) is 4.79 Å². The highest BCUT2D eigenvalue weighted by molar-refractivity contribution is 5.74. The van der Waals surface area contributed by atoms with E-state index in [1.807, 2.05) is 0 Å².